The van der Waals surface area contributed by atoms with Crippen LogP contribution < -0.4 is 5.32 Å². The van der Waals surface area contributed by atoms with Crippen molar-refractivity contribution in [1.82, 2.24) is 9.38 Å². The second-order valence-corrected chi connectivity index (χ2v) is 3.51. The van der Waals surface area contributed by atoms with Crippen molar-refractivity contribution in [3.63, 3.8) is 0 Å². The number of pyridine rings is 1. The van der Waals surface area contributed by atoms with Gasteiger partial charge in [0.15, 0.2) is 0 Å². The van der Waals surface area contributed by atoms with Crippen molar-refractivity contribution in [3.05, 3.63) is 30.1 Å². The van der Waals surface area contributed by atoms with E-state index >= 15 is 0 Å². The second-order valence-electron chi connectivity index (χ2n) is 3.51. The summed E-state index contributed by atoms with van der Waals surface area (Å²) in [6.07, 6.45) is 2.26. The van der Waals surface area contributed by atoms with Crippen molar-refractivity contribution in [1.29, 1.82) is 0 Å². The lowest BCUT2D eigenvalue weighted by Gasteiger charge is -2.18. The monoisotopic (exact) mass is 189 g/mol. The van der Waals surface area contributed by atoms with Crippen LogP contribution in [-0.4, -0.2) is 21.0 Å². The van der Waals surface area contributed by atoms with Crippen molar-refractivity contribution in [2.45, 2.75) is 12.5 Å². The Balaban J connectivity index is 2.32. The molecule has 1 unspecified atom stereocenters. The molecular weight excluding hydrogens is 178 g/mol. The van der Waals surface area contributed by atoms with E-state index in [1.165, 1.54) is 0 Å². The minimum absolute atomic E-state index is 0.425. The van der Waals surface area contributed by atoms with E-state index < -0.39 is 6.10 Å². The molecule has 0 saturated heterocycles. The van der Waals surface area contributed by atoms with Gasteiger partial charge in [0.05, 0.1) is 0 Å². The first-order valence-corrected chi connectivity index (χ1v) is 4.75. The number of imidazole rings is 1. The van der Waals surface area contributed by atoms with Gasteiger partial charge in [0.2, 0.25) is 0 Å². The standard InChI is InChI=1S/C10H11N3O/c14-7-4-5-11-10-9(7)12-8-3-1-2-6-13(8)10/h1-3,6-7,11,14H,4-5H2. The van der Waals surface area contributed by atoms with Gasteiger partial charge in [0, 0.05) is 12.7 Å². The molecule has 2 aromatic heterocycles. The average molecular weight is 189 g/mol. The Kier molecular flexibility index (Phi) is 1.52. The van der Waals surface area contributed by atoms with Crippen LogP contribution in [0.2, 0.25) is 0 Å². The van der Waals surface area contributed by atoms with Gasteiger partial charge in [-0.15, -0.1) is 0 Å². The van der Waals surface area contributed by atoms with Crippen LogP contribution in [0.4, 0.5) is 5.82 Å². The number of aliphatic hydroxyl groups is 1. The molecule has 0 aromatic carbocycles. The molecule has 2 N–H and O–H groups in total. The van der Waals surface area contributed by atoms with E-state index in [2.05, 4.69) is 10.3 Å². The highest BCUT2D eigenvalue weighted by molar-refractivity contribution is 5.57. The zero-order valence-electron chi connectivity index (χ0n) is 7.64. The fourth-order valence-corrected chi connectivity index (χ4v) is 1.89. The van der Waals surface area contributed by atoms with Crippen molar-refractivity contribution in [3.8, 4) is 0 Å². The van der Waals surface area contributed by atoms with E-state index in [1.54, 1.807) is 0 Å². The van der Waals surface area contributed by atoms with Crippen LogP contribution in [0.3, 0.4) is 0 Å². The summed E-state index contributed by atoms with van der Waals surface area (Å²) in [5, 5.41) is 13.0. The number of rotatable bonds is 0. The molecule has 3 rings (SSSR count). The van der Waals surface area contributed by atoms with E-state index in [0.29, 0.717) is 0 Å². The molecule has 0 fully saturated rings. The van der Waals surface area contributed by atoms with E-state index in [4.69, 9.17) is 0 Å². The average Bonchev–Trinajstić information content (AvgIpc) is 2.59. The maximum absolute atomic E-state index is 9.75. The van der Waals surface area contributed by atoms with Gasteiger partial charge in [-0.2, -0.15) is 0 Å². The smallest absolute Gasteiger partial charge is 0.138 e. The Morgan fingerprint density at radius 3 is 3.36 bits per heavy atom. The highest BCUT2D eigenvalue weighted by Gasteiger charge is 2.22. The Morgan fingerprint density at radius 1 is 1.50 bits per heavy atom. The highest BCUT2D eigenvalue weighted by Crippen LogP contribution is 2.29. The van der Waals surface area contributed by atoms with E-state index in [-0.39, 0.29) is 0 Å². The predicted molar refractivity (Wildman–Crippen MR) is 53.3 cm³/mol. The summed E-state index contributed by atoms with van der Waals surface area (Å²) in [4.78, 5) is 4.38. The van der Waals surface area contributed by atoms with Crippen LogP contribution in [0.15, 0.2) is 24.4 Å². The summed E-state index contributed by atoms with van der Waals surface area (Å²) >= 11 is 0. The van der Waals surface area contributed by atoms with Gasteiger partial charge in [0.25, 0.3) is 0 Å². The van der Waals surface area contributed by atoms with Crippen LogP contribution in [0.25, 0.3) is 5.65 Å². The Bertz CT molecular complexity index is 477. The number of anilines is 1. The zero-order valence-corrected chi connectivity index (χ0v) is 7.64. The Hall–Kier alpha value is -1.55. The number of nitrogens with one attached hydrogen (secondary N) is 1. The number of aliphatic hydroxyl groups excluding tert-OH is 1. The van der Waals surface area contributed by atoms with Crippen LogP contribution >= 0.6 is 0 Å². The first kappa shape index (κ1) is 7.82. The molecular formula is C10H11N3O. The third-order valence-electron chi connectivity index (χ3n) is 2.58. The second kappa shape index (κ2) is 2.72. The SMILES string of the molecule is OC1CCNc2c1nc1ccccn21. The van der Waals surface area contributed by atoms with Crippen LogP contribution in [0.1, 0.15) is 18.2 Å². The number of aromatic nitrogens is 2. The van der Waals surface area contributed by atoms with Crippen LogP contribution in [0.5, 0.6) is 0 Å². The van der Waals surface area contributed by atoms with E-state index in [9.17, 15) is 5.11 Å². The van der Waals surface area contributed by atoms with Crippen LogP contribution in [-0.2, 0) is 0 Å². The molecule has 0 aliphatic carbocycles. The maximum Gasteiger partial charge on any atom is 0.138 e. The highest BCUT2D eigenvalue weighted by atomic mass is 16.3. The zero-order chi connectivity index (χ0) is 9.54. The summed E-state index contributed by atoms with van der Waals surface area (Å²) in [6.45, 7) is 0.802. The first-order valence-electron chi connectivity index (χ1n) is 4.75. The molecule has 2 aromatic rings. The number of hydrogen-bond acceptors (Lipinski definition) is 3. The van der Waals surface area contributed by atoms with E-state index in [1.807, 2.05) is 28.8 Å². The molecule has 72 valence electrons. The predicted octanol–water partition coefficient (Wildman–Crippen LogP) is 1.18. The Morgan fingerprint density at radius 2 is 2.43 bits per heavy atom. The van der Waals surface area contributed by atoms with Crippen molar-refractivity contribution < 1.29 is 5.11 Å². The summed E-state index contributed by atoms with van der Waals surface area (Å²) < 4.78 is 1.97. The summed E-state index contributed by atoms with van der Waals surface area (Å²) in [5.41, 5.74) is 1.65. The first-order chi connectivity index (χ1) is 6.86. The van der Waals surface area contributed by atoms with Crippen molar-refractivity contribution >= 4 is 11.5 Å². The number of fused-ring (bicyclic) bond motifs is 3. The topological polar surface area (TPSA) is 49.6 Å². The molecule has 1 aliphatic heterocycles. The normalized spacial score (nSPS) is 20.5. The van der Waals surface area contributed by atoms with Gasteiger partial charge in [-0.1, -0.05) is 6.07 Å². The molecule has 1 aliphatic rings. The molecule has 4 nitrogen and oxygen atoms in total. The van der Waals surface area contributed by atoms with Gasteiger partial charge in [0.1, 0.15) is 23.3 Å². The van der Waals surface area contributed by atoms with Gasteiger partial charge in [-0.25, -0.2) is 4.98 Å². The summed E-state index contributed by atoms with van der Waals surface area (Å²) in [7, 11) is 0. The molecule has 3 heterocycles. The largest absolute Gasteiger partial charge is 0.387 e. The molecule has 0 saturated carbocycles. The minimum atomic E-state index is -0.425. The van der Waals surface area contributed by atoms with E-state index in [0.717, 1.165) is 30.1 Å². The lowest BCUT2D eigenvalue weighted by atomic mass is 10.1. The van der Waals surface area contributed by atoms with Crippen molar-refractivity contribution in [2.24, 2.45) is 0 Å². The number of hydrogen-bond donors (Lipinski definition) is 2. The van der Waals surface area contributed by atoms with Gasteiger partial charge >= 0.3 is 0 Å². The van der Waals surface area contributed by atoms with Gasteiger partial charge < -0.3 is 10.4 Å². The molecule has 14 heavy (non-hydrogen) atoms. The summed E-state index contributed by atoms with van der Waals surface area (Å²) in [5.74, 6) is 0.930. The summed E-state index contributed by atoms with van der Waals surface area (Å²) in [6, 6.07) is 5.84. The maximum atomic E-state index is 9.75. The molecule has 0 bridgehead atoms. The fourth-order valence-electron chi connectivity index (χ4n) is 1.89. The van der Waals surface area contributed by atoms with Gasteiger partial charge in [-0.05, 0) is 18.6 Å². The number of nitrogens with zero attached hydrogens (tertiary/aromatic N) is 2. The third kappa shape index (κ3) is 0.943. The minimum Gasteiger partial charge on any atom is -0.387 e. The lowest BCUT2D eigenvalue weighted by Crippen LogP contribution is -2.16. The lowest BCUT2D eigenvalue weighted by molar-refractivity contribution is 0.164. The molecule has 4 heteroatoms. The Labute approximate surface area is 81.2 Å². The molecule has 1 atom stereocenters. The third-order valence-corrected chi connectivity index (χ3v) is 2.58. The molecule has 0 spiro atoms. The quantitative estimate of drug-likeness (QED) is 0.654. The van der Waals surface area contributed by atoms with Gasteiger partial charge in [-0.3, -0.25) is 4.40 Å². The fraction of sp³-hybridized carbons (Fsp3) is 0.300. The molecule has 0 amide bonds. The van der Waals surface area contributed by atoms with Crippen molar-refractivity contribution in [2.75, 3.05) is 11.9 Å². The molecule has 0 radical (unpaired) electrons. The van der Waals surface area contributed by atoms with Crippen LogP contribution in [0, 0.1) is 0 Å².